The minimum atomic E-state index is -1.50. The Kier molecular flexibility index (Phi) is 8.26. The molecule has 0 bridgehead atoms. The standard InChI is InChI=1S/C8H6Cl4O6/c9-5(10)7(15)17-3(13)1-2-4(14)18-8(16)6(11)12/h5-6H,1-2H2. The summed E-state index contributed by atoms with van der Waals surface area (Å²) >= 11 is 20.4. The van der Waals surface area contributed by atoms with Gasteiger partial charge in [0.1, 0.15) is 0 Å². The second-order valence-electron chi connectivity index (χ2n) is 2.69. The summed E-state index contributed by atoms with van der Waals surface area (Å²) in [4.78, 5) is 40.5. The van der Waals surface area contributed by atoms with Crippen molar-refractivity contribution in [1.82, 2.24) is 0 Å². The zero-order valence-electron chi connectivity index (χ0n) is 8.53. The molecule has 0 aliphatic rings. The topological polar surface area (TPSA) is 86.7 Å². The number of halogens is 4. The van der Waals surface area contributed by atoms with Crippen molar-refractivity contribution >= 4 is 70.3 Å². The van der Waals surface area contributed by atoms with E-state index < -0.39 is 46.4 Å². The van der Waals surface area contributed by atoms with Crippen molar-refractivity contribution in [2.45, 2.75) is 22.5 Å². The molecule has 10 heteroatoms. The van der Waals surface area contributed by atoms with E-state index in [0.29, 0.717) is 0 Å². The Hall–Kier alpha value is -0.560. The van der Waals surface area contributed by atoms with Gasteiger partial charge in [-0.1, -0.05) is 46.4 Å². The lowest BCUT2D eigenvalue weighted by atomic mass is 10.3. The lowest BCUT2D eigenvalue weighted by Crippen LogP contribution is -2.21. The fraction of sp³-hybridized carbons (Fsp3) is 0.500. The summed E-state index contributed by atoms with van der Waals surface area (Å²) in [5.41, 5.74) is 0. The van der Waals surface area contributed by atoms with Crippen LogP contribution in [0, 0.1) is 0 Å². The molecule has 0 radical (unpaired) electrons. The largest absolute Gasteiger partial charge is 0.391 e. The highest BCUT2D eigenvalue weighted by Crippen LogP contribution is 2.07. The summed E-state index contributed by atoms with van der Waals surface area (Å²) in [6, 6.07) is 0. The normalized spacial score (nSPS) is 10.3. The average molecular weight is 340 g/mol. The van der Waals surface area contributed by atoms with Crippen molar-refractivity contribution in [1.29, 1.82) is 0 Å². The van der Waals surface area contributed by atoms with E-state index in [-0.39, 0.29) is 0 Å². The van der Waals surface area contributed by atoms with Crippen LogP contribution in [0.25, 0.3) is 0 Å². The molecular weight excluding hydrogens is 334 g/mol. The summed E-state index contributed by atoms with van der Waals surface area (Å²) in [5.74, 6) is -4.39. The van der Waals surface area contributed by atoms with Crippen molar-refractivity contribution in [3.8, 4) is 0 Å². The van der Waals surface area contributed by atoms with Gasteiger partial charge in [-0.25, -0.2) is 9.59 Å². The van der Waals surface area contributed by atoms with Crippen molar-refractivity contribution < 1.29 is 28.7 Å². The van der Waals surface area contributed by atoms with Crippen LogP contribution in [0.3, 0.4) is 0 Å². The predicted octanol–water partition coefficient (Wildman–Crippen LogP) is 1.51. The zero-order chi connectivity index (χ0) is 14.3. The highest BCUT2D eigenvalue weighted by atomic mass is 35.5. The van der Waals surface area contributed by atoms with Gasteiger partial charge in [0, 0.05) is 0 Å². The van der Waals surface area contributed by atoms with Crippen LogP contribution in [0.1, 0.15) is 12.8 Å². The van der Waals surface area contributed by atoms with Crippen LogP contribution in [0.4, 0.5) is 0 Å². The number of carbonyl (C=O) groups is 4. The van der Waals surface area contributed by atoms with E-state index in [0.717, 1.165) is 0 Å². The molecule has 102 valence electrons. The Balaban J connectivity index is 3.96. The molecule has 0 aliphatic heterocycles. The molecule has 0 aromatic carbocycles. The van der Waals surface area contributed by atoms with Crippen molar-refractivity contribution in [3.05, 3.63) is 0 Å². The number of hydrogen-bond donors (Lipinski definition) is 0. The molecule has 6 nitrogen and oxygen atoms in total. The fourth-order valence-electron chi connectivity index (χ4n) is 0.620. The number of ether oxygens (including phenoxy) is 2. The molecule has 0 saturated carbocycles. The van der Waals surface area contributed by atoms with Crippen LogP contribution >= 0.6 is 46.4 Å². The Morgan fingerprint density at radius 1 is 0.722 bits per heavy atom. The third kappa shape index (κ3) is 7.71. The first-order valence-corrected chi connectivity index (χ1v) is 6.04. The molecule has 0 aromatic heterocycles. The number of esters is 4. The lowest BCUT2D eigenvalue weighted by Gasteiger charge is -2.04. The van der Waals surface area contributed by atoms with Crippen LogP contribution < -0.4 is 0 Å². The summed E-state index contributed by atoms with van der Waals surface area (Å²) in [7, 11) is 0. The second-order valence-corrected chi connectivity index (χ2v) is 4.88. The number of rotatable bonds is 5. The maximum absolute atomic E-state index is 11.0. The van der Waals surface area contributed by atoms with E-state index in [4.69, 9.17) is 46.4 Å². The van der Waals surface area contributed by atoms with Gasteiger partial charge in [-0.3, -0.25) is 9.59 Å². The Morgan fingerprint density at radius 3 is 1.22 bits per heavy atom. The minimum Gasteiger partial charge on any atom is -0.391 e. The van der Waals surface area contributed by atoms with Crippen LogP contribution in [-0.4, -0.2) is 33.5 Å². The Bertz CT molecular complexity index is 319. The van der Waals surface area contributed by atoms with Gasteiger partial charge < -0.3 is 9.47 Å². The van der Waals surface area contributed by atoms with Gasteiger partial charge in [0.15, 0.2) is 0 Å². The van der Waals surface area contributed by atoms with Crippen LogP contribution in [0.5, 0.6) is 0 Å². The van der Waals surface area contributed by atoms with E-state index in [2.05, 4.69) is 9.47 Å². The molecule has 0 aromatic rings. The number of alkyl halides is 4. The molecule has 0 rings (SSSR count). The van der Waals surface area contributed by atoms with Gasteiger partial charge in [-0.15, -0.1) is 0 Å². The smallest absolute Gasteiger partial charge is 0.347 e. The lowest BCUT2D eigenvalue weighted by molar-refractivity contribution is -0.163. The summed E-state index contributed by atoms with van der Waals surface area (Å²) < 4.78 is 8.26. The predicted molar refractivity (Wildman–Crippen MR) is 62.4 cm³/mol. The van der Waals surface area contributed by atoms with E-state index in [9.17, 15) is 19.2 Å². The molecule has 0 fully saturated rings. The maximum atomic E-state index is 11.0. The maximum Gasteiger partial charge on any atom is 0.347 e. The minimum absolute atomic E-state index is 0.492. The van der Waals surface area contributed by atoms with Crippen molar-refractivity contribution in [2.24, 2.45) is 0 Å². The molecule has 0 unspecified atom stereocenters. The Morgan fingerprint density at radius 2 is 1.00 bits per heavy atom. The van der Waals surface area contributed by atoms with E-state index in [1.54, 1.807) is 0 Å². The quantitative estimate of drug-likeness (QED) is 0.428. The third-order valence-corrected chi connectivity index (χ3v) is 2.03. The molecule has 0 aliphatic carbocycles. The van der Waals surface area contributed by atoms with Gasteiger partial charge in [0.25, 0.3) is 0 Å². The van der Waals surface area contributed by atoms with Crippen LogP contribution in [-0.2, 0) is 28.7 Å². The Labute approximate surface area is 121 Å². The zero-order valence-corrected chi connectivity index (χ0v) is 11.6. The monoisotopic (exact) mass is 338 g/mol. The molecule has 0 heterocycles. The molecule has 0 saturated heterocycles. The van der Waals surface area contributed by atoms with Gasteiger partial charge in [-0.2, -0.15) is 0 Å². The second kappa shape index (κ2) is 8.53. The molecule has 0 atom stereocenters. The van der Waals surface area contributed by atoms with E-state index >= 15 is 0 Å². The highest BCUT2D eigenvalue weighted by molar-refractivity contribution is 6.53. The summed E-state index contributed by atoms with van der Waals surface area (Å²) in [6.45, 7) is 0. The summed E-state index contributed by atoms with van der Waals surface area (Å²) in [5, 5.41) is 0. The van der Waals surface area contributed by atoms with Gasteiger partial charge >= 0.3 is 23.9 Å². The highest BCUT2D eigenvalue weighted by Gasteiger charge is 2.21. The molecule has 0 N–H and O–H groups in total. The van der Waals surface area contributed by atoms with E-state index in [1.165, 1.54) is 0 Å². The number of hydrogen-bond acceptors (Lipinski definition) is 6. The average Bonchev–Trinajstić information content (AvgIpc) is 2.25. The van der Waals surface area contributed by atoms with E-state index in [1.807, 2.05) is 0 Å². The summed E-state index contributed by atoms with van der Waals surface area (Å²) in [6.07, 6.45) is -0.985. The first kappa shape index (κ1) is 17.4. The number of carbonyl (C=O) groups excluding carboxylic acids is 4. The van der Waals surface area contributed by atoms with Gasteiger partial charge in [0.2, 0.25) is 9.67 Å². The van der Waals surface area contributed by atoms with Gasteiger partial charge in [-0.05, 0) is 0 Å². The van der Waals surface area contributed by atoms with Crippen molar-refractivity contribution in [3.63, 3.8) is 0 Å². The molecule has 0 spiro atoms. The van der Waals surface area contributed by atoms with Crippen LogP contribution in [0.15, 0.2) is 0 Å². The first-order chi connectivity index (χ1) is 8.23. The van der Waals surface area contributed by atoms with Crippen molar-refractivity contribution in [2.75, 3.05) is 0 Å². The van der Waals surface area contributed by atoms with Gasteiger partial charge in [0.05, 0.1) is 12.8 Å². The molecule has 18 heavy (non-hydrogen) atoms. The first-order valence-electron chi connectivity index (χ1n) is 4.29. The van der Waals surface area contributed by atoms with Crippen LogP contribution in [0.2, 0.25) is 0 Å². The molecular formula is C8H6Cl4O6. The SMILES string of the molecule is O=C(CCC(=O)OC(=O)C(Cl)Cl)OC(=O)C(Cl)Cl. The fourth-order valence-corrected chi connectivity index (χ4v) is 0.798. The molecule has 0 amide bonds. The third-order valence-electron chi connectivity index (χ3n) is 1.32.